The molecule has 0 amide bonds. The molecule has 1 fully saturated rings. The number of aromatic nitrogens is 1. The van der Waals surface area contributed by atoms with Crippen molar-refractivity contribution in [2.24, 2.45) is 0 Å². The third kappa shape index (κ3) is 2.58. The Balaban J connectivity index is 1.92. The maximum absolute atomic E-state index is 12.6. The van der Waals surface area contributed by atoms with Gasteiger partial charge < -0.3 is 16.4 Å². The molecule has 5 nitrogen and oxygen atoms in total. The zero-order chi connectivity index (χ0) is 15.0. The summed E-state index contributed by atoms with van der Waals surface area (Å²) in [5.41, 5.74) is 13.7. The maximum atomic E-state index is 12.6. The van der Waals surface area contributed by atoms with Gasteiger partial charge in [0.25, 0.3) is 0 Å². The second-order valence-electron chi connectivity index (χ2n) is 5.28. The average Bonchev–Trinajstić information content (AvgIpc) is 3.10. The van der Waals surface area contributed by atoms with Crippen molar-refractivity contribution in [2.75, 3.05) is 29.5 Å². The van der Waals surface area contributed by atoms with E-state index in [-0.39, 0.29) is 5.78 Å². The summed E-state index contributed by atoms with van der Waals surface area (Å²) in [6.07, 6.45) is 2.38. The third-order valence-corrected chi connectivity index (χ3v) is 4.93. The first-order valence-corrected chi connectivity index (χ1v) is 7.80. The molecule has 2 heterocycles. The van der Waals surface area contributed by atoms with Crippen molar-refractivity contribution >= 4 is 33.6 Å². The van der Waals surface area contributed by atoms with Crippen molar-refractivity contribution in [1.29, 1.82) is 0 Å². The molecule has 21 heavy (non-hydrogen) atoms. The van der Waals surface area contributed by atoms with E-state index in [1.807, 2.05) is 6.92 Å². The number of hydrogen-bond donors (Lipinski definition) is 2. The van der Waals surface area contributed by atoms with Gasteiger partial charge in [-0.2, -0.15) is 0 Å². The molecule has 0 saturated carbocycles. The normalized spacial score (nSPS) is 14.6. The summed E-state index contributed by atoms with van der Waals surface area (Å²) in [5, 5.41) is 0.941. The van der Waals surface area contributed by atoms with E-state index in [1.54, 1.807) is 18.2 Å². The second kappa shape index (κ2) is 5.37. The predicted octanol–water partition coefficient (Wildman–Crippen LogP) is 2.45. The highest BCUT2D eigenvalue weighted by Crippen LogP contribution is 2.30. The summed E-state index contributed by atoms with van der Waals surface area (Å²) in [4.78, 5) is 20.1. The van der Waals surface area contributed by atoms with Gasteiger partial charge in [-0.3, -0.25) is 4.79 Å². The largest absolute Gasteiger partial charge is 0.397 e. The Hall–Kier alpha value is -2.08. The van der Waals surface area contributed by atoms with Gasteiger partial charge in [0.2, 0.25) is 5.78 Å². The zero-order valence-electron chi connectivity index (χ0n) is 11.9. The summed E-state index contributed by atoms with van der Waals surface area (Å²) in [6, 6.07) is 5.01. The van der Waals surface area contributed by atoms with Crippen LogP contribution in [0.2, 0.25) is 0 Å². The van der Waals surface area contributed by atoms with Gasteiger partial charge in [0.15, 0.2) is 5.13 Å². The SMILES string of the molecule is Cc1nc(N2CCCC2)sc1C(=O)c1ccc(N)c(N)c1. The van der Waals surface area contributed by atoms with Crippen molar-refractivity contribution in [3.63, 3.8) is 0 Å². The molecule has 1 saturated heterocycles. The van der Waals surface area contributed by atoms with Crippen molar-refractivity contribution in [1.82, 2.24) is 4.98 Å². The molecule has 0 atom stereocenters. The van der Waals surface area contributed by atoms with Crippen LogP contribution in [0.5, 0.6) is 0 Å². The minimum absolute atomic E-state index is 0.0397. The van der Waals surface area contributed by atoms with E-state index in [0.29, 0.717) is 21.8 Å². The molecule has 0 unspecified atom stereocenters. The average molecular weight is 302 g/mol. The molecule has 2 aromatic rings. The number of carbonyl (C=O) groups is 1. The van der Waals surface area contributed by atoms with E-state index in [2.05, 4.69) is 9.88 Å². The number of nitrogens with two attached hydrogens (primary N) is 2. The number of ketones is 1. The third-order valence-electron chi connectivity index (χ3n) is 3.72. The van der Waals surface area contributed by atoms with Crippen LogP contribution in [0.1, 0.15) is 33.8 Å². The molecular formula is C15H18N4OS. The molecule has 1 aromatic carbocycles. The number of nitrogen functional groups attached to an aromatic ring is 2. The van der Waals surface area contributed by atoms with Crippen molar-refractivity contribution in [2.45, 2.75) is 19.8 Å². The van der Waals surface area contributed by atoms with Crippen molar-refractivity contribution in [3.8, 4) is 0 Å². The van der Waals surface area contributed by atoms with E-state index in [1.165, 1.54) is 24.2 Å². The van der Waals surface area contributed by atoms with Gasteiger partial charge in [0.1, 0.15) is 0 Å². The summed E-state index contributed by atoms with van der Waals surface area (Å²) < 4.78 is 0. The van der Waals surface area contributed by atoms with Crippen LogP contribution in [-0.2, 0) is 0 Å². The Morgan fingerprint density at radius 1 is 1.24 bits per heavy atom. The number of anilines is 3. The molecule has 0 aliphatic carbocycles. The van der Waals surface area contributed by atoms with Gasteiger partial charge in [-0.15, -0.1) is 0 Å². The first-order chi connectivity index (χ1) is 10.1. The van der Waals surface area contributed by atoms with Crippen LogP contribution in [0.4, 0.5) is 16.5 Å². The first kappa shape index (κ1) is 13.9. The van der Waals surface area contributed by atoms with Crippen LogP contribution in [0.15, 0.2) is 18.2 Å². The van der Waals surface area contributed by atoms with Gasteiger partial charge in [0, 0.05) is 18.7 Å². The topological polar surface area (TPSA) is 85.2 Å². The fraction of sp³-hybridized carbons (Fsp3) is 0.333. The number of thiazole rings is 1. The Morgan fingerprint density at radius 2 is 1.95 bits per heavy atom. The monoisotopic (exact) mass is 302 g/mol. The Kier molecular flexibility index (Phi) is 3.55. The van der Waals surface area contributed by atoms with E-state index in [0.717, 1.165) is 23.9 Å². The van der Waals surface area contributed by atoms with Crippen LogP contribution in [0, 0.1) is 6.92 Å². The summed E-state index contributed by atoms with van der Waals surface area (Å²) in [7, 11) is 0. The highest BCUT2D eigenvalue weighted by Gasteiger charge is 2.22. The lowest BCUT2D eigenvalue weighted by Crippen LogP contribution is -2.17. The predicted molar refractivity (Wildman–Crippen MR) is 87.0 cm³/mol. The van der Waals surface area contributed by atoms with Gasteiger partial charge >= 0.3 is 0 Å². The van der Waals surface area contributed by atoms with Gasteiger partial charge in [-0.05, 0) is 38.0 Å². The van der Waals surface area contributed by atoms with Crippen LogP contribution in [0.3, 0.4) is 0 Å². The number of nitrogens with zero attached hydrogens (tertiary/aromatic N) is 2. The Bertz CT molecular complexity index is 689. The minimum Gasteiger partial charge on any atom is -0.397 e. The molecule has 0 bridgehead atoms. The lowest BCUT2D eigenvalue weighted by Gasteiger charge is -2.12. The van der Waals surface area contributed by atoms with E-state index in [4.69, 9.17) is 11.5 Å². The van der Waals surface area contributed by atoms with Crippen LogP contribution in [-0.4, -0.2) is 23.9 Å². The summed E-state index contributed by atoms with van der Waals surface area (Å²) in [6.45, 7) is 3.93. The van der Waals surface area contributed by atoms with Crippen molar-refractivity contribution in [3.05, 3.63) is 34.3 Å². The van der Waals surface area contributed by atoms with E-state index >= 15 is 0 Å². The molecule has 4 N–H and O–H groups in total. The number of aryl methyl sites for hydroxylation is 1. The lowest BCUT2D eigenvalue weighted by molar-refractivity contribution is 0.104. The highest BCUT2D eigenvalue weighted by atomic mass is 32.1. The lowest BCUT2D eigenvalue weighted by atomic mass is 10.1. The molecule has 1 aromatic heterocycles. The molecule has 3 rings (SSSR count). The molecular weight excluding hydrogens is 284 g/mol. The van der Waals surface area contributed by atoms with E-state index in [9.17, 15) is 4.79 Å². The summed E-state index contributed by atoms with van der Waals surface area (Å²) >= 11 is 1.46. The Labute approximate surface area is 127 Å². The molecule has 1 aliphatic rings. The minimum atomic E-state index is -0.0397. The smallest absolute Gasteiger partial charge is 0.205 e. The summed E-state index contributed by atoms with van der Waals surface area (Å²) in [5.74, 6) is -0.0397. The number of rotatable bonds is 3. The van der Waals surface area contributed by atoms with Gasteiger partial charge in [-0.25, -0.2) is 4.98 Å². The quantitative estimate of drug-likeness (QED) is 0.672. The van der Waals surface area contributed by atoms with Crippen LogP contribution in [0.25, 0.3) is 0 Å². The number of carbonyl (C=O) groups excluding carboxylic acids is 1. The number of hydrogen-bond acceptors (Lipinski definition) is 6. The fourth-order valence-corrected chi connectivity index (χ4v) is 3.56. The molecule has 110 valence electrons. The number of benzene rings is 1. The fourth-order valence-electron chi connectivity index (χ4n) is 2.48. The molecule has 6 heteroatoms. The van der Waals surface area contributed by atoms with E-state index < -0.39 is 0 Å². The van der Waals surface area contributed by atoms with Crippen LogP contribution < -0.4 is 16.4 Å². The molecule has 0 spiro atoms. The Morgan fingerprint density at radius 3 is 2.62 bits per heavy atom. The highest BCUT2D eigenvalue weighted by molar-refractivity contribution is 7.17. The molecule has 1 aliphatic heterocycles. The van der Waals surface area contributed by atoms with Gasteiger partial charge in [-0.1, -0.05) is 11.3 Å². The van der Waals surface area contributed by atoms with Gasteiger partial charge in [0.05, 0.1) is 21.9 Å². The standard InChI is InChI=1S/C15H18N4OS/c1-9-14(21-15(18-9)19-6-2-3-7-19)13(20)10-4-5-11(16)12(17)8-10/h4-5,8H,2-3,6-7,16-17H2,1H3. The second-order valence-corrected chi connectivity index (χ2v) is 6.26. The first-order valence-electron chi connectivity index (χ1n) is 6.98. The van der Waals surface area contributed by atoms with Crippen LogP contribution >= 0.6 is 11.3 Å². The zero-order valence-corrected chi connectivity index (χ0v) is 12.7. The maximum Gasteiger partial charge on any atom is 0.205 e. The molecule has 0 radical (unpaired) electrons. The van der Waals surface area contributed by atoms with Crippen molar-refractivity contribution < 1.29 is 4.79 Å².